The Hall–Kier alpha value is -3.35. The van der Waals surface area contributed by atoms with Crippen LogP contribution in [0.25, 0.3) is 11.0 Å². The second kappa shape index (κ2) is 9.96. The van der Waals surface area contributed by atoms with Gasteiger partial charge >= 0.3 is 0 Å². The lowest BCUT2D eigenvalue weighted by atomic mass is 9.81. The standard InChI is InChI=1S/C24H25FN6O4S/c1-35-20-3-2-15-21(31-20)16(6-9-26-15)29-23(33)24(34)7-4-13(5-8-24)27-11-17-14(25)10-18-22(28-17)30-19(32)12-36-18/h2-3,6,9-10,13,27,34H,4-5,7-8,11-12H2,1H3,(H,26,29,33)(H,28,30,32)/t13-,24+. The zero-order chi connectivity index (χ0) is 25.3. The summed E-state index contributed by atoms with van der Waals surface area (Å²) in [6.45, 7) is 0.172. The van der Waals surface area contributed by atoms with Gasteiger partial charge in [-0.1, -0.05) is 0 Å². The van der Waals surface area contributed by atoms with Crippen LogP contribution in [0.15, 0.2) is 35.4 Å². The number of aromatic nitrogens is 3. The van der Waals surface area contributed by atoms with Crippen molar-refractivity contribution in [3.05, 3.63) is 42.0 Å². The number of anilines is 2. The highest BCUT2D eigenvalue weighted by Gasteiger charge is 2.40. The van der Waals surface area contributed by atoms with Crippen LogP contribution in [0.1, 0.15) is 31.4 Å². The molecule has 0 atom stereocenters. The summed E-state index contributed by atoms with van der Waals surface area (Å²) in [6.07, 6.45) is 3.08. The molecule has 1 fully saturated rings. The van der Waals surface area contributed by atoms with Gasteiger partial charge in [0.2, 0.25) is 11.8 Å². The van der Waals surface area contributed by atoms with Crippen molar-refractivity contribution in [1.29, 1.82) is 0 Å². The van der Waals surface area contributed by atoms with E-state index in [0.717, 1.165) is 0 Å². The molecule has 5 rings (SSSR count). The third kappa shape index (κ3) is 4.97. The molecule has 0 spiro atoms. The summed E-state index contributed by atoms with van der Waals surface area (Å²) in [6, 6.07) is 6.43. The number of pyridine rings is 3. The van der Waals surface area contributed by atoms with Crippen LogP contribution >= 0.6 is 11.8 Å². The van der Waals surface area contributed by atoms with E-state index in [1.165, 1.54) is 24.9 Å². The fourth-order valence-corrected chi connectivity index (χ4v) is 5.15. The minimum Gasteiger partial charge on any atom is -0.481 e. The number of thioether (sulfide) groups is 1. The average Bonchev–Trinajstić information content (AvgIpc) is 2.88. The number of carbonyl (C=O) groups excluding carboxylic acids is 2. The lowest BCUT2D eigenvalue weighted by Crippen LogP contribution is -2.48. The fraction of sp³-hybridized carbons (Fsp3) is 0.375. The monoisotopic (exact) mass is 512 g/mol. The number of ether oxygens (including phenoxy) is 1. The van der Waals surface area contributed by atoms with E-state index in [1.54, 1.807) is 24.4 Å². The lowest BCUT2D eigenvalue weighted by molar-refractivity contribution is -0.137. The minimum absolute atomic E-state index is 0.0213. The van der Waals surface area contributed by atoms with Crippen molar-refractivity contribution in [2.24, 2.45) is 0 Å². The number of aliphatic hydroxyl groups is 1. The normalized spacial score (nSPS) is 21.5. The Labute approximate surface area is 210 Å². The van der Waals surface area contributed by atoms with Gasteiger partial charge in [0.1, 0.15) is 22.8 Å². The van der Waals surface area contributed by atoms with Gasteiger partial charge < -0.3 is 25.8 Å². The number of hydrogen-bond donors (Lipinski definition) is 4. The van der Waals surface area contributed by atoms with Crippen LogP contribution in [0.5, 0.6) is 5.88 Å². The van der Waals surface area contributed by atoms with Gasteiger partial charge in [-0.2, -0.15) is 0 Å². The molecule has 1 saturated carbocycles. The van der Waals surface area contributed by atoms with Crippen molar-refractivity contribution in [3.8, 4) is 5.88 Å². The highest BCUT2D eigenvalue weighted by Crippen LogP contribution is 2.33. The van der Waals surface area contributed by atoms with Gasteiger partial charge in [0.05, 0.1) is 34.7 Å². The summed E-state index contributed by atoms with van der Waals surface area (Å²) < 4.78 is 19.7. The van der Waals surface area contributed by atoms with E-state index in [2.05, 4.69) is 30.9 Å². The fourth-order valence-electron chi connectivity index (χ4n) is 4.37. The summed E-state index contributed by atoms with van der Waals surface area (Å²) in [5.41, 5.74) is 0.177. The first-order chi connectivity index (χ1) is 17.3. The van der Waals surface area contributed by atoms with E-state index in [0.29, 0.717) is 46.2 Å². The maximum atomic E-state index is 14.5. The molecule has 3 aromatic heterocycles. The zero-order valence-electron chi connectivity index (χ0n) is 19.5. The number of rotatable bonds is 6. The summed E-state index contributed by atoms with van der Waals surface area (Å²) in [5.74, 6) is -0.0980. The molecule has 2 amide bonds. The molecule has 3 aromatic rings. The Morgan fingerprint density at radius 2 is 2.11 bits per heavy atom. The molecule has 1 aliphatic carbocycles. The largest absolute Gasteiger partial charge is 0.481 e. The number of hydrogen-bond acceptors (Lipinski definition) is 9. The third-order valence-corrected chi connectivity index (χ3v) is 7.47. The van der Waals surface area contributed by atoms with Crippen LogP contribution < -0.4 is 20.7 Å². The van der Waals surface area contributed by atoms with Gasteiger partial charge in [-0.05, 0) is 43.9 Å². The van der Waals surface area contributed by atoms with Crippen LogP contribution in [0.4, 0.5) is 15.9 Å². The van der Waals surface area contributed by atoms with Crippen LogP contribution in [0.2, 0.25) is 0 Å². The number of carbonyl (C=O) groups is 2. The van der Waals surface area contributed by atoms with E-state index in [1.807, 2.05) is 0 Å². The molecule has 36 heavy (non-hydrogen) atoms. The molecular weight excluding hydrogens is 487 g/mol. The average molecular weight is 513 g/mol. The first-order valence-corrected chi connectivity index (χ1v) is 12.5. The molecule has 0 bridgehead atoms. The predicted molar refractivity (Wildman–Crippen MR) is 132 cm³/mol. The summed E-state index contributed by atoms with van der Waals surface area (Å²) in [7, 11) is 1.50. The van der Waals surface area contributed by atoms with Gasteiger partial charge in [0.25, 0.3) is 5.91 Å². The summed E-state index contributed by atoms with van der Waals surface area (Å²) in [4.78, 5) is 38.1. The Kier molecular flexibility index (Phi) is 6.73. The first kappa shape index (κ1) is 24.3. The Morgan fingerprint density at radius 3 is 2.89 bits per heavy atom. The summed E-state index contributed by atoms with van der Waals surface area (Å²) in [5, 5.41) is 19.8. The SMILES string of the molecule is COc1ccc2nccc(NC(=O)[C@]3(O)CC[C@@H](NCc4nc5c(cc4F)SCC(=O)N5)CC3)c2n1. The van der Waals surface area contributed by atoms with Crippen molar-refractivity contribution >= 4 is 46.1 Å². The second-order valence-electron chi connectivity index (χ2n) is 8.82. The van der Waals surface area contributed by atoms with Gasteiger partial charge in [-0.3, -0.25) is 14.6 Å². The lowest BCUT2D eigenvalue weighted by Gasteiger charge is -2.35. The maximum absolute atomic E-state index is 14.5. The molecule has 12 heteroatoms. The van der Waals surface area contributed by atoms with E-state index in [-0.39, 0.29) is 42.8 Å². The number of amides is 2. The van der Waals surface area contributed by atoms with Gasteiger partial charge in [-0.15, -0.1) is 11.8 Å². The van der Waals surface area contributed by atoms with Crippen LogP contribution in [-0.2, 0) is 16.1 Å². The molecule has 4 N–H and O–H groups in total. The van der Waals surface area contributed by atoms with Gasteiger partial charge in [0, 0.05) is 24.8 Å². The van der Waals surface area contributed by atoms with Crippen molar-refractivity contribution in [1.82, 2.24) is 20.3 Å². The Balaban J connectivity index is 1.20. The number of nitrogens with one attached hydrogen (secondary N) is 3. The molecule has 0 aromatic carbocycles. The van der Waals surface area contributed by atoms with Crippen molar-refractivity contribution in [2.45, 2.75) is 48.8 Å². The maximum Gasteiger partial charge on any atom is 0.256 e. The highest BCUT2D eigenvalue weighted by atomic mass is 32.2. The number of methoxy groups -OCH3 is 1. The molecule has 0 radical (unpaired) electrons. The molecule has 0 unspecified atom stereocenters. The molecule has 2 aliphatic rings. The van der Waals surface area contributed by atoms with E-state index in [9.17, 15) is 19.1 Å². The molecule has 188 valence electrons. The Bertz CT molecular complexity index is 1330. The van der Waals surface area contributed by atoms with Crippen LogP contribution in [-0.4, -0.2) is 56.4 Å². The van der Waals surface area contributed by atoms with Gasteiger partial charge in [0.15, 0.2) is 0 Å². The van der Waals surface area contributed by atoms with E-state index < -0.39 is 17.3 Å². The number of halogens is 1. The van der Waals surface area contributed by atoms with Crippen LogP contribution in [0, 0.1) is 5.82 Å². The number of nitrogens with zero attached hydrogens (tertiary/aromatic N) is 3. The smallest absolute Gasteiger partial charge is 0.256 e. The molecule has 10 nitrogen and oxygen atoms in total. The van der Waals surface area contributed by atoms with E-state index in [4.69, 9.17) is 4.74 Å². The highest BCUT2D eigenvalue weighted by molar-refractivity contribution is 8.00. The molecule has 1 aliphatic heterocycles. The second-order valence-corrected chi connectivity index (χ2v) is 9.84. The van der Waals surface area contributed by atoms with Crippen molar-refractivity contribution in [3.63, 3.8) is 0 Å². The van der Waals surface area contributed by atoms with Crippen molar-refractivity contribution in [2.75, 3.05) is 23.5 Å². The quantitative estimate of drug-likeness (QED) is 0.393. The molecular formula is C24H25FN6O4S. The van der Waals surface area contributed by atoms with Crippen molar-refractivity contribution < 1.29 is 23.8 Å². The Morgan fingerprint density at radius 1 is 1.31 bits per heavy atom. The van der Waals surface area contributed by atoms with Crippen LogP contribution in [0.3, 0.4) is 0 Å². The molecule has 4 heterocycles. The predicted octanol–water partition coefficient (Wildman–Crippen LogP) is 2.62. The number of fused-ring (bicyclic) bond motifs is 2. The zero-order valence-corrected chi connectivity index (χ0v) is 20.3. The first-order valence-electron chi connectivity index (χ1n) is 11.5. The topological polar surface area (TPSA) is 138 Å². The van der Waals surface area contributed by atoms with Gasteiger partial charge in [-0.25, -0.2) is 14.4 Å². The third-order valence-electron chi connectivity index (χ3n) is 6.44. The minimum atomic E-state index is -1.54. The van der Waals surface area contributed by atoms with E-state index >= 15 is 0 Å². The molecule has 0 saturated heterocycles. The summed E-state index contributed by atoms with van der Waals surface area (Å²) >= 11 is 1.26.